The molecular formula is C16H25ClN2O3. The first-order valence-corrected chi connectivity index (χ1v) is 7.17. The first-order chi connectivity index (χ1) is 9.99. The maximum atomic E-state index is 12.1. The summed E-state index contributed by atoms with van der Waals surface area (Å²) in [6.07, 6.45) is 1.18. The topological polar surface area (TPSA) is 81.4 Å². The molecule has 6 heteroatoms. The first kappa shape index (κ1) is 20.4. The molecule has 0 heterocycles. The van der Waals surface area contributed by atoms with Crippen LogP contribution in [0.1, 0.15) is 25.8 Å². The number of hydrogen-bond donors (Lipinski definition) is 2. The lowest BCUT2D eigenvalue weighted by molar-refractivity contribution is -0.145. The van der Waals surface area contributed by atoms with E-state index in [1.165, 1.54) is 7.11 Å². The Kier molecular flexibility index (Phi) is 9.45. The Labute approximate surface area is 138 Å². The van der Waals surface area contributed by atoms with Crippen molar-refractivity contribution in [1.82, 2.24) is 5.32 Å². The molecule has 1 aromatic carbocycles. The maximum Gasteiger partial charge on any atom is 0.328 e. The van der Waals surface area contributed by atoms with Crippen molar-refractivity contribution in [3.8, 4) is 0 Å². The molecule has 124 valence electrons. The van der Waals surface area contributed by atoms with Gasteiger partial charge in [0.15, 0.2) is 0 Å². The van der Waals surface area contributed by atoms with E-state index in [0.717, 1.165) is 12.0 Å². The van der Waals surface area contributed by atoms with E-state index in [0.29, 0.717) is 6.42 Å². The molecule has 0 aliphatic heterocycles. The average molecular weight is 329 g/mol. The van der Waals surface area contributed by atoms with Crippen LogP contribution in [0.15, 0.2) is 30.3 Å². The Hall–Kier alpha value is -1.59. The fourth-order valence-electron chi connectivity index (χ4n) is 1.97. The van der Waals surface area contributed by atoms with Crippen LogP contribution in [0.4, 0.5) is 0 Å². The SMILES string of the molecule is CC[C@H](C)[C@H](N)C(=O)N[C@@H](Cc1ccccc1)C(=O)OC.Cl. The number of esters is 1. The molecular weight excluding hydrogens is 304 g/mol. The minimum absolute atomic E-state index is 0. The lowest BCUT2D eigenvalue weighted by Gasteiger charge is -2.22. The van der Waals surface area contributed by atoms with Crippen LogP contribution in [0.25, 0.3) is 0 Å². The highest BCUT2D eigenvalue weighted by Gasteiger charge is 2.26. The van der Waals surface area contributed by atoms with Crippen LogP contribution in [0.3, 0.4) is 0 Å². The molecule has 0 radical (unpaired) electrons. The molecule has 0 saturated carbocycles. The van der Waals surface area contributed by atoms with Crippen LogP contribution in [-0.2, 0) is 20.7 Å². The van der Waals surface area contributed by atoms with Crippen molar-refractivity contribution in [2.45, 2.75) is 38.8 Å². The summed E-state index contributed by atoms with van der Waals surface area (Å²) < 4.78 is 4.76. The summed E-state index contributed by atoms with van der Waals surface area (Å²) in [7, 11) is 1.31. The van der Waals surface area contributed by atoms with Crippen molar-refractivity contribution in [2.75, 3.05) is 7.11 Å². The van der Waals surface area contributed by atoms with E-state index in [2.05, 4.69) is 5.32 Å². The normalized spacial score (nSPS) is 14.2. The lowest BCUT2D eigenvalue weighted by Crippen LogP contribution is -2.51. The predicted molar refractivity (Wildman–Crippen MR) is 88.8 cm³/mol. The monoisotopic (exact) mass is 328 g/mol. The third-order valence-corrected chi connectivity index (χ3v) is 3.64. The first-order valence-electron chi connectivity index (χ1n) is 7.17. The van der Waals surface area contributed by atoms with Crippen molar-refractivity contribution >= 4 is 24.3 Å². The van der Waals surface area contributed by atoms with Crippen molar-refractivity contribution in [3.05, 3.63) is 35.9 Å². The van der Waals surface area contributed by atoms with Crippen LogP contribution >= 0.6 is 12.4 Å². The minimum atomic E-state index is -0.722. The summed E-state index contributed by atoms with van der Waals surface area (Å²) >= 11 is 0. The fraction of sp³-hybridized carbons (Fsp3) is 0.500. The van der Waals surface area contributed by atoms with E-state index >= 15 is 0 Å². The lowest BCUT2D eigenvalue weighted by atomic mass is 9.98. The summed E-state index contributed by atoms with van der Waals surface area (Å²) in [5.74, 6) is -0.737. The quantitative estimate of drug-likeness (QED) is 0.746. The van der Waals surface area contributed by atoms with Gasteiger partial charge in [0.2, 0.25) is 5.91 Å². The standard InChI is InChI=1S/C16H24N2O3.ClH/c1-4-11(2)14(17)15(19)18-13(16(20)21-3)10-12-8-6-5-7-9-12;/h5-9,11,13-14H,4,10,17H2,1-3H3,(H,18,19);1H/t11-,13-,14-;/m0./s1. The fourth-order valence-corrected chi connectivity index (χ4v) is 1.97. The molecule has 0 aliphatic carbocycles. The number of methoxy groups -OCH3 is 1. The van der Waals surface area contributed by atoms with Gasteiger partial charge in [-0.05, 0) is 11.5 Å². The number of carbonyl (C=O) groups is 2. The van der Waals surface area contributed by atoms with Gasteiger partial charge in [0.25, 0.3) is 0 Å². The van der Waals surface area contributed by atoms with Gasteiger partial charge in [-0.1, -0.05) is 50.6 Å². The van der Waals surface area contributed by atoms with Crippen LogP contribution in [0, 0.1) is 5.92 Å². The second-order valence-corrected chi connectivity index (χ2v) is 5.19. The van der Waals surface area contributed by atoms with Crippen molar-refractivity contribution in [2.24, 2.45) is 11.7 Å². The molecule has 0 fully saturated rings. The summed E-state index contributed by atoms with van der Waals surface area (Å²) in [4.78, 5) is 24.0. The van der Waals surface area contributed by atoms with Gasteiger partial charge >= 0.3 is 5.97 Å². The molecule has 3 N–H and O–H groups in total. The number of rotatable bonds is 7. The number of halogens is 1. The van der Waals surface area contributed by atoms with E-state index < -0.39 is 18.1 Å². The van der Waals surface area contributed by atoms with E-state index in [9.17, 15) is 9.59 Å². The van der Waals surface area contributed by atoms with E-state index in [1.807, 2.05) is 44.2 Å². The second-order valence-electron chi connectivity index (χ2n) is 5.19. The minimum Gasteiger partial charge on any atom is -0.467 e. The van der Waals surface area contributed by atoms with E-state index in [1.54, 1.807) is 0 Å². The molecule has 3 atom stereocenters. The molecule has 0 bridgehead atoms. The molecule has 1 rings (SSSR count). The number of amides is 1. The number of ether oxygens (including phenoxy) is 1. The average Bonchev–Trinajstić information content (AvgIpc) is 2.52. The summed E-state index contributed by atoms with van der Waals surface area (Å²) in [6, 6.07) is 8.12. The number of nitrogens with one attached hydrogen (secondary N) is 1. The van der Waals surface area contributed by atoms with Gasteiger partial charge in [0, 0.05) is 6.42 Å². The Morgan fingerprint density at radius 3 is 2.36 bits per heavy atom. The summed E-state index contributed by atoms with van der Waals surface area (Å²) in [5, 5.41) is 2.69. The molecule has 0 aromatic heterocycles. The summed E-state index contributed by atoms with van der Waals surface area (Å²) in [6.45, 7) is 3.88. The van der Waals surface area contributed by atoms with Gasteiger partial charge in [-0.25, -0.2) is 4.79 Å². The molecule has 22 heavy (non-hydrogen) atoms. The number of benzene rings is 1. The van der Waals surface area contributed by atoms with Crippen molar-refractivity contribution in [3.63, 3.8) is 0 Å². The van der Waals surface area contributed by atoms with Crippen molar-refractivity contribution in [1.29, 1.82) is 0 Å². The van der Waals surface area contributed by atoms with Crippen LogP contribution in [0.5, 0.6) is 0 Å². The number of carbonyl (C=O) groups excluding carboxylic acids is 2. The third-order valence-electron chi connectivity index (χ3n) is 3.64. The zero-order chi connectivity index (χ0) is 15.8. The van der Waals surface area contributed by atoms with Gasteiger partial charge in [-0.3, -0.25) is 4.79 Å². The molecule has 0 spiro atoms. The molecule has 5 nitrogen and oxygen atoms in total. The smallest absolute Gasteiger partial charge is 0.328 e. The van der Waals surface area contributed by atoms with E-state index in [-0.39, 0.29) is 24.2 Å². The van der Waals surface area contributed by atoms with Gasteiger partial charge < -0.3 is 15.8 Å². The maximum absolute atomic E-state index is 12.1. The van der Waals surface area contributed by atoms with Crippen LogP contribution in [-0.4, -0.2) is 31.1 Å². The Balaban J connectivity index is 0.00000441. The predicted octanol–water partition coefficient (Wildman–Crippen LogP) is 1.68. The van der Waals surface area contributed by atoms with Gasteiger partial charge in [0.1, 0.15) is 6.04 Å². The largest absolute Gasteiger partial charge is 0.467 e. The molecule has 1 amide bonds. The highest BCUT2D eigenvalue weighted by Crippen LogP contribution is 2.08. The van der Waals surface area contributed by atoms with E-state index in [4.69, 9.17) is 10.5 Å². The van der Waals surface area contributed by atoms with Gasteiger partial charge in [-0.2, -0.15) is 0 Å². The highest BCUT2D eigenvalue weighted by molar-refractivity contribution is 5.87. The van der Waals surface area contributed by atoms with Crippen LogP contribution in [0.2, 0.25) is 0 Å². The Morgan fingerprint density at radius 2 is 1.86 bits per heavy atom. The van der Waals surface area contributed by atoms with Crippen LogP contribution < -0.4 is 11.1 Å². The molecule has 0 aliphatic rings. The van der Waals surface area contributed by atoms with Gasteiger partial charge in [0.05, 0.1) is 13.2 Å². The Morgan fingerprint density at radius 1 is 1.27 bits per heavy atom. The highest BCUT2D eigenvalue weighted by atomic mass is 35.5. The molecule has 0 unspecified atom stereocenters. The van der Waals surface area contributed by atoms with Crippen molar-refractivity contribution < 1.29 is 14.3 Å². The molecule has 1 aromatic rings. The van der Waals surface area contributed by atoms with Gasteiger partial charge in [-0.15, -0.1) is 12.4 Å². The number of nitrogens with two attached hydrogens (primary N) is 1. The zero-order valence-corrected chi connectivity index (χ0v) is 14.1. The Bertz CT molecular complexity index is 468. The summed E-state index contributed by atoms with van der Waals surface area (Å²) in [5.41, 5.74) is 6.84. The third kappa shape index (κ3) is 6.03. The molecule has 0 saturated heterocycles. The second kappa shape index (κ2) is 10.2. The number of hydrogen-bond acceptors (Lipinski definition) is 4. The zero-order valence-electron chi connectivity index (χ0n) is 13.2.